The number of thioether (sulfide) groups is 1. The Hall–Kier alpha value is -7.01. The Morgan fingerprint density at radius 2 is 1.00 bits per heavy atom. The molecule has 536 valence electrons. The molecule has 20 nitrogen and oxygen atoms in total. The van der Waals surface area contributed by atoms with Crippen LogP contribution in [0.2, 0.25) is 0 Å². The number of benzene rings is 4. The van der Waals surface area contributed by atoms with Gasteiger partial charge in [-0.05, 0) is 240 Å². The summed E-state index contributed by atoms with van der Waals surface area (Å²) in [5, 5.41) is 49.5. The van der Waals surface area contributed by atoms with E-state index in [4.69, 9.17) is 33.5 Å². The molecule has 96 heavy (non-hydrogen) atoms. The molecule has 1 saturated heterocycles. The molecule has 1 aliphatic heterocycles. The fraction of sp³-hybridized carbons (Fsp3) is 0.573. The third-order valence-corrected chi connectivity index (χ3v) is 14.2. The van der Waals surface area contributed by atoms with Gasteiger partial charge in [0.15, 0.2) is 0 Å². The molecule has 0 bridgehead atoms. The lowest BCUT2D eigenvalue weighted by Crippen LogP contribution is -2.59. The van der Waals surface area contributed by atoms with Gasteiger partial charge in [0.25, 0.3) is 6.47 Å². The molecule has 0 amide bonds. The van der Waals surface area contributed by atoms with Crippen LogP contribution in [0.15, 0.2) is 97.1 Å². The average molecular weight is 1360 g/mol. The van der Waals surface area contributed by atoms with Gasteiger partial charge in [-0.2, -0.15) is 0 Å². The molecule has 4 aromatic rings. The first-order chi connectivity index (χ1) is 44.0. The molecule has 21 heteroatoms. The van der Waals surface area contributed by atoms with Crippen LogP contribution in [0.4, 0.5) is 11.4 Å². The standard InChI is InChI=1S/C22H32O9.C19H29NO4S.C18H27NO2.C16H25NO2/c1-12(2)8-14-9-13(10-28-21(27)22(3,4)5)6-7-15(14)30-20-18(26)16(24)17(25)19(31-20)29-11-23;1-18(2,3)17(23)24-11-12-25-15(20-19(4,5)6)13-7-9-14(10-8-13)16(21)22;1-17(2,3)16(20)21-13-7-8-14-9-11-15(12-10-14)19-18(4,5)6;1-15(2,3)14(18)19-11-12-7-9-13(10-8-12)17-16(4,5)6/h6-7,9,11-12,16-20,24-26H,8,10H2,1-5H3;7-10,15,20H,11-12H2,1-6H3,(H,21,22);7-12,19H,13H2,1-6H3;7-10,17H,11H2,1-6H3/b;;8-7+;/t16-,17-,18+,19-,20+;;;/m0.../s1. The van der Waals surface area contributed by atoms with E-state index < -0.39 is 58.5 Å². The van der Waals surface area contributed by atoms with E-state index in [1.807, 2.05) is 155 Å². The second kappa shape index (κ2) is 37.6. The first kappa shape index (κ1) is 85.1. The van der Waals surface area contributed by atoms with Crippen LogP contribution in [-0.4, -0.2) is 123 Å². The highest BCUT2D eigenvalue weighted by Gasteiger charge is 2.46. The highest BCUT2D eigenvalue weighted by Crippen LogP contribution is 2.32. The van der Waals surface area contributed by atoms with Crippen LogP contribution in [0, 0.1) is 27.6 Å². The number of rotatable bonds is 22. The normalized spacial score (nSPS) is 17.1. The van der Waals surface area contributed by atoms with Gasteiger partial charge >= 0.3 is 29.8 Å². The van der Waals surface area contributed by atoms with Gasteiger partial charge in [-0.1, -0.05) is 62.4 Å². The lowest BCUT2D eigenvalue weighted by atomic mass is 9.97. The van der Waals surface area contributed by atoms with E-state index in [-0.39, 0.29) is 70.4 Å². The summed E-state index contributed by atoms with van der Waals surface area (Å²) in [6.07, 6.45) is -3.24. The highest BCUT2D eigenvalue weighted by molar-refractivity contribution is 7.99. The highest BCUT2D eigenvalue weighted by atomic mass is 32.2. The van der Waals surface area contributed by atoms with E-state index in [0.29, 0.717) is 37.7 Å². The number of carbonyl (C=O) groups excluding carboxylic acids is 5. The van der Waals surface area contributed by atoms with Crippen molar-refractivity contribution in [2.24, 2.45) is 27.6 Å². The first-order valence-electron chi connectivity index (χ1n) is 32.4. The van der Waals surface area contributed by atoms with E-state index in [1.165, 1.54) is 0 Å². The zero-order chi connectivity index (χ0) is 73.4. The number of anilines is 2. The second-order valence-electron chi connectivity index (χ2n) is 31.2. The third-order valence-electron chi connectivity index (χ3n) is 13.1. The molecule has 0 aliphatic carbocycles. The van der Waals surface area contributed by atoms with Crippen molar-refractivity contribution in [3.63, 3.8) is 0 Å². The molecular formula is C75H113N3O17S. The monoisotopic (exact) mass is 1360 g/mol. The first-order valence-corrected chi connectivity index (χ1v) is 33.4. The Labute approximate surface area is 575 Å². The van der Waals surface area contributed by atoms with Gasteiger partial charge in [0.1, 0.15) is 50.5 Å². The van der Waals surface area contributed by atoms with Gasteiger partial charge in [-0.15, -0.1) is 11.8 Å². The summed E-state index contributed by atoms with van der Waals surface area (Å²) in [5.74, 6) is -0.515. The summed E-state index contributed by atoms with van der Waals surface area (Å²) in [5.41, 5.74) is 5.03. The van der Waals surface area contributed by atoms with E-state index in [2.05, 4.69) is 83.0 Å². The van der Waals surface area contributed by atoms with Gasteiger partial charge in [0.05, 0.1) is 32.6 Å². The van der Waals surface area contributed by atoms with Crippen molar-refractivity contribution in [1.82, 2.24) is 5.32 Å². The Kier molecular flexibility index (Phi) is 33.4. The van der Waals surface area contributed by atoms with Crippen LogP contribution in [0.1, 0.15) is 203 Å². The van der Waals surface area contributed by atoms with E-state index in [1.54, 1.807) is 56.8 Å². The van der Waals surface area contributed by atoms with Gasteiger partial charge in [0.2, 0.25) is 12.6 Å². The molecule has 4 aromatic carbocycles. The molecular weight excluding hydrogens is 1250 g/mol. The molecule has 1 fully saturated rings. The molecule has 0 aromatic heterocycles. The maximum atomic E-state index is 12.0. The SMILES string of the molecule is CC(C)(C)NC(SCCOC(=O)C(C)(C)C)c1ccc(C(=O)O)cc1.CC(C)(C)Nc1ccc(/C=C/COC(=O)C(C)(C)C)cc1.CC(C)(C)Nc1ccc(COC(=O)C(C)(C)C)cc1.CC(C)Cc1cc(COC(=O)C(C)(C)C)ccc1O[C@@H]1O[C@H](OC=O)[C@@H](O)[C@H](O)[C@H]1O. The van der Waals surface area contributed by atoms with Crippen molar-refractivity contribution >= 4 is 65.5 Å². The second-order valence-corrected chi connectivity index (χ2v) is 32.4. The van der Waals surface area contributed by atoms with Gasteiger partial charge in [0, 0.05) is 33.7 Å². The van der Waals surface area contributed by atoms with Crippen LogP contribution in [0.5, 0.6) is 5.75 Å². The Morgan fingerprint density at radius 3 is 1.45 bits per heavy atom. The number of ether oxygens (including phenoxy) is 7. The van der Waals surface area contributed by atoms with Crippen molar-refractivity contribution in [1.29, 1.82) is 0 Å². The molecule has 0 spiro atoms. The lowest BCUT2D eigenvalue weighted by Gasteiger charge is -2.39. The Bertz CT molecular complexity index is 3080. The molecule has 1 heterocycles. The lowest BCUT2D eigenvalue weighted by molar-refractivity contribution is -0.321. The van der Waals surface area contributed by atoms with Crippen LogP contribution >= 0.6 is 11.8 Å². The van der Waals surface area contributed by atoms with E-state index >= 15 is 0 Å². The number of aromatic carboxylic acids is 1. The smallest absolute Gasteiger partial charge is 0.335 e. The quantitative estimate of drug-likeness (QED) is 0.0127. The molecule has 0 radical (unpaired) electrons. The van der Waals surface area contributed by atoms with Crippen LogP contribution in [0.25, 0.3) is 6.08 Å². The number of carboxylic acid groups (broad SMARTS) is 1. The number of hydrogen-bond acceptors (Lipinski definition) is 20. The van der Waals surface area contributed by atoms with Crippen LogP contribution in [0.3, 0.4) is 0 Å². The number of aliphatic hydroxyl groups excluding tert-OH is 3. The maximum absolute atomic E-state index is 12.0. The summed E-state index contributed by atoms with van der Waals surface area (Å²) in [6, 6.07) is 28.2. The minimum atomic E-state index is -1.63. The minimum Gasteiger partial charge on any atom is -0.478 e. The van der Waals surface area contributed by atoms with Gasteiger partial charge in [-0.25, -0.2) is 4.79 Å². The number of carbonyl (C=O) groups is 6. The number of nitrogens with one attached hydrogen (secondary N) is 3. The minimum absolute atomic E-state index is 0.0174. The number of hydrogen-bond donors (Lipinski definition) is 7. The largest absolute Gasteiger partial charge is 0.478 e. The predicted octanol–water partition coefficient (Wildman–Crippen LogP) is 13.9. The molecule has 6 atom stereocenters. The summed E-state index contributed by atoms with van der Waals surface area (Å²) in [6.45, 7) is 46.1. The zero-order valence-electron chi connectivity index (χ0n) is 61.2. The number of carboxylic acids is 1. The van der Waals surface area contributed by atoms with Crippen molar-refractivity contribution in [2.75, 3.05) is 29.6 Å². The summed E-state index contributed by atoms with van der Waals surface area (Å²) in [7, 11) is 0. The Balaban J connectivity index is 0.000000443. The summed E-state index contributed by atoms with van der Waals surface area (Å²) >= 11 is 1.63. The molecule has 5 rings (SSSR count). The van der Waals surface area contributed by atoms with Crippen molar-refractivity contribution in [2.45, 2.75) is 232 Å². The van der Waals surface area contributed by atoms with Gasteiger partial charge < -0.3 is 59.5 Å². The van der Waals surface area contributed by atoms with E-state index in [0.717, 1.165) is 39.2 Å². The fourth-order valence-corrected chi connectivity index (χ4v) is 9.26. The average Bonchev–Trinajstić information content (AvgIpc) is 0.815. The topological polar surface area (TPSA) is 284 Å². The van der Waals surface area contributed by atoms with Crippen LogP contribution < -0.4 is 20.7 Å². The van der Waals surface area contributed by atoms with Gasteiger partial charge in [-0.3, -0.25) is 34.0 Å². The molecule has 0 saturated carbocycles. The van der Waals surface area contributed by atoms with Crippen molar-refractivity contribution in [3.8, 4) is 5.75 Å². The zero-order valence-corrected chi connectivity index (χ0v) is 62.0. The van der Waals surface area contributed by atoms with Crippen molar-refractivity contribution < 1.29 is 82.4 Å². The molecule has 1 aliphatic rings. The third kappa shape index (κ3) is 33.8. The molecule has 1 unspecified atom stereocenters. The maximum Gasteiger partial charge on any atom is 0.335 e. The molecule has 7 N–H and O–H groups in total. The summed E-state index contributed by atoms with van der Waals surface area (Å²) in [4.78, 5) is 68.7. The van der Waals surface area contributed by atoms with Crippen LogP contribution in [-0.2, 0) is 72.0 Å². The number of aliphatic hydroxyl groups is 3. The van der Waals surface area contributed by atoms with E-state index in [9.17, 15) is 44.1 Å². The fourth-order valence-electron chi connectivity index (χ4n) is 8.06. The van der Waals surface area contributed by atoms with Crippen molar-refractivity contribution in [3.05, 3.63) is 130 Å². The predicted molar refractivity (Wildman–Crippen MR) is 379 cm³/mol. The Morgan fingerprint density at radius 1 is 0.552 bits per heavy atom. The number of esters is 4. The summed E-state index contributed by atoms with van der Waals surface area (Å²) < 4.78 is 36.9.